The molecule has 0 aliphatic heterocycles. The lowest BCUT2D eigenvalue weighted by molar-refractivity contribution is 0.630. The number of aryl methyl sites for hydroxylation is 1. The highest BCUT2D eigenvalue weighted by Gasteiger charge is 2.09. The normalized spacial score (nSPS) is 11.2. The molecule has 0 amide bonds. The smallest absolute Gasteiger partial charge is 0.146 e. The predicted molar refractivity (Wildman–Crippen MR) is 68.4 cm³/mol. The van der Waals surface area contributed by atoms with E-state index in [1.54, 1.807) is 22.1 Å². The highest BCUT2D eigenvalue weighted by Crippen LogP contribution is 2.34. The highest BCUT2D eigenvalue weighted by atomic mass is 32.1. The molecule has 0 spiro atoms. The summed E-state index contributed by atoms with van der Waals surface area (Å²) < 4.78 is 15.9. The molecule has 1 aromatic carbocycles. The largest absolute Gasteiger partial charge is 0.382 e. The summed E-state index contributed by atoms with van der Waals surface area (Å²) in [4.78, 5) is 1.04. The lowest BCUT2D eigenvalue weighted by Crippen LogP contribution is -1.93. The Morgan fingerprint density at radius 3 is 2.82 bits per heavy atom. The molecule has 0 radical (unpaired) electrons. The number of aromatic nitrogens is 2. The van der Waals surface area contributed by atoms with E-state index in [-0.39, 0.29) is 5.82 Å². The van der Waals surface area contributed by atoms with Gasteiger partial charge < -0.3 is 5.73 Å². The van der Waals surface area contributed by atoms with Crippen molar-refractivity contribution in [1.82, 2.24) is 9.78 Å². The predicted octanol–water partition coefficient (Wildman–Crippen LogP) is 3.02. The molecule has 2 heterocycles. The summed E-state index contributed by atoms with van der Waals surface area (Å²) in [5, 5.41) is 5.01. The van der Waals surface area contributed by atoms with Crippen LogP contribution in [0.5, 0.6) is 0 Å². The van der Waals surface area contributed by atoms with Gasteiger partial charge in [0.2, 0.25) is 0 Å². The molecule has 2 aromatic heterocycles. The summed E-state index contributed by atoms with van der Waals surface area (Å²) in [5.74, 6) is 0.275. The quantitative estimate of drug-likeness (QED) is 0.718. The fourth-order valence-corrected chi connectivity index (χ4v) is 2.95. The molecule has 0 aliphatic rings. The van der Waals surface area contributed by atoms with Crippen LogP contribution in [0.25, 0.3) is 20.7 Å². The number of anilines is 1. The Kier molecular flexibility index (Phi) is 2.16. The van der Waals surface area contributed by atoms with Crippen molar-refractivity contribution >= 4 is 27.2 Å². The average molecular weight is 247 g/mol. The van der Waals surface area contributed by atoms with Crippen LogP contribution in [0.15, 0.2) is 30.3 Å². The van der Waals surface area contributed by atoms with E-state index in [2.05, 4.69) is 5.10 Å². The van der Waals surface area contributed by atoms with Gasteiger partial charge in [0.15, 0.2) is 0 Å². The van der Waals surface area contributed by atoms with Crippen LogP contribution in [0.1, 0.15) is 0 Å². The second kappa shape index (κ2) is 3.56. The first-order chi connectivity index (χ1) is 8.13. The van der Waals surface area contributed by atoms with Crippen LogP contribution in [-0.2, 0) is 7.05 Å². The SMILES string of the molecule is Cn1nc(N)cc1-c1cc2cc(F)ccc2s1. The highest BCUT2D eigenvalue weighted by molar-refractivity contribution is 7.22. The maximum Gasteiger partial charge on any atom is 0.146 e. The van der Waals surface area contributed by atoms with Gasteiger partial charge in [-0.15, -0.1) is 11.3 Å². The molecule has 5 heteroatoms. The van der Waals surface area contributed by atoms with Gasteiger partial charge in [0.25, 0.3) is 0 Å². The zero-order chi connectivity index (χ0) is 12.0. The van der Waals surface area contributed by atoms with Gasteiger partial charge in [-0.05, 0) is 29.7 Å². The number of rotatable bonds is 1. The zero-order valence-electron chi connectivity index (χ0n) is 9.14. The van der Waals surface area contributed by atoms with Crippen molar-refractivity contribution in [3.8, 4) is 10.6 Å². The molecular formula is C12H10FN3S. The molecule has 0 fully saturated rings. The monoisotopic (exact) mass is 247 g/mol. The zero-order valence-corrected chi connectivity index (χ0v) is 9.96. The fraction of sp³-hybridized carbons (Fsp3) is 0.0833. The van der Waals surface area contributed by atoms with Crippen LogP contribution in [0, 0.1) is 5.82 Å². The standard InChI is InChI=1S/C12H10FN3S/c1-16-9(6-12(14)15-16)11-5-7-4-8(13)2-3-10(7)17-11/h2-6H,1H3,(H2,14,15). The maximum atomic E-state index is 13.1. The van der Waals surface area contributed by atoms with Gasteiger partial charge >= 0.3 is 0 Å². The van der Waals surface area contributed by atoms with E-state index in [0.717, 1.165) is 20.7 Å². The minimum atomic E-state index is -0.216. The van der Waals surface area contributed by atoms with Gasteiger partial charge in [-0.3, -0.25) is 4.68 Å². The van der Waals surface area contributed by atoms with E-state index < -0.39 is 0 Å². The Bertz CT molecular complexity index is 699. The Hall–Kier alpha value is -1.88. The average Bonchev–Trinajstić information content (AvgIpc) is 2.80. The van der Waals surface area contributed by atoms with Crippen molar-refractivity contribution in [2.75, 3.05) is 5.73 Å². The molecule has 3 rings (SSSR count). The second-order valence-corrected chi connectivity index (χ2v) is 4.95. The van der Waals surface area contributed by atoms with Crippen molar-refractivity contribution in [2.45, 2.75) is 0 Å². The molecule has 0 saturated carbocycles. The number of hydrogen-bond donors (Lipinski definition) is 1. The first kappa shape index (κ1) is 10.3. The number of halogens is 1. The van der Waals surface area contributed by atoms with Gasteiger partial charge in [-0.25, -0.2) is 4.39 Å². The number of benzene rings is 1. The molecular weight excluding hydrogens is 237 g/mol. The number of thiophene rings is 1. The maximum absolute atomic E-state index is 13.1. The van der Waals surface area contributed by atoms with E-state index >= 15 is 0 Å². The Morgan fingerprint density at radius 1 is 1.29 bits per heavy atom. The number of nitrogen functional groups attached to an aromatic ring is 1. The van der Waals surface area contributed by atoms with Crippen molar-refractivity contribution in [2.24, 2.45) is 7.05 Å². The van der Waals surface area contributed by atoms with E-state index in [4.69, 9.17) is 5.73 Å². The third kappa shape index (κ3) is 1.68. The summed E-state index contributed by atoms with van der Waals surface area (Å²) >= 11 is 1.60. The van der Waals surface area contributed by atoms with Crippen LogP contribution >= 0.6 is 11.3 Å². The Balaban J connectivity index is 2.21. The molecule has 0 saturated heterocycles. The Morgan fingerprint density at radius 2 is 2.12 bits per heavy atom. The van der Waals surface area contributed by atoms with Gasteiger partial charge in [0.1, 0.15) is 11.6 Å². The van der Waals surface area contributed by atoms with Crippen molar-refractivity contribution in [3.05, 3.63) is 36.1 Å². The van der Waals surface area contributed by atoms with Crippen molar-refractivity contribution < 1.29 is 4.39 Å². The first-order valence-corrected chi connectivity index (χ1v) is 5.94. The lowest BCUT2D eigenvalue weighted by Gasteiger charge is -1.95. The minimum Gasteiger partial charge on any atom is -0.382 e. The van der Waals surface area contributed by atoms with Crippen molar-refractivity contribution in [3.63, 3.8) is 0 Å². The number of fused-ring (bicyclic) bond motifs is 1. The van der Waals surface area contributed by atoms with Crippen LogP contribution in [0.2, 0.25) is 0 Å². The van der Waals surface area contributed by atoms with Crippen LogP contribution in [0.3, 0.4) is 0 Å². The summed E-state index contributed by atoms with van der Waals surface area (Å²) in [5.41, 5.74) is 6.60. The van der Waals surface area contributed by atoms with Crippen LogP contribution in [0.4, 0.5) is 10.2 Å². The van der Waals surface area contributed by atoms with E-state index in [1.165, 1.54) is 12.1 Å². The van der Waals surface area contributed by atoms with Gasteiger partial charge in [-0.1, -0.05) is 0 Å². The molecule has 2 N–H and O–H groups in total. The molecule has 0 unspecified atom stereocenters. The van der Waals surface area contributed by atoms with Gasteiger partial charge in [-0.2, -0.15) is 5.10 Å². The molecule has 0 aliphatic carbocycles. The molecule has 86 valence electrons. The summed E-state index contributed by atoms with van der Waals surface area (Å²) in [7, 11) is 1.84. The fourth-order valence-electron chi connectivity index (χ4n) is 1.86. The summed E-state index contributed by atoms with van der Waals surface area (Å²) in [6.45, 7) is 0. The molecule has 0 bridgehead atoms. The third-order valence-corrected chi connectivity index (χ3v) is 3.77. The molecule has 0 atom stereocenters. The van der Waals surface area contributed by atoms with Crippen molar-refractivity contribution in [1.29, 1.82) is 0 Å². The van der Waals surface area contributed by atoms with Crippen LogP contribution in [-0.4, -0.2) is 9.78 Å². The van der Waals surface area contributed by atoms with Gasteiger partial charge in [0, 0.05) is 17.8 Å². The van der Waals surface area contributed by atoms with Crippen LogP contribution < -0.4 is 5.73 Å². The van der Waals surface area contributed by atoms with E-state index in [0.29, 0.717) is 5.82 Å². The minimum absolute atomic E-state index is 0.216. The number of nitrogens with zero attached hydrogens (tertiary/aromatic N) is 2. The molecule has 3 aromatic rings. The number of nitrogens with two attached hydrogens (primary N) is 1. The summed E-state index contributed by atoms with van der Waals surface area (Å²) in [6.07, 6.45) is 0. The molecule has 3 nitrogen and oxygen atoms in total. The van der Waals surface area contributed by atoms with E-state index in [9.17, 15) is 4.39 Å². The topological polar surface area (TPSA) is 43.8 Å². The lowest BCUT2D eigenvalue weighted by atomic mass is 10.2. The van der Waals surface area contributed by atoms with Gasteiger partial charge in [0.05, 0.1) is 10.6 Å². The summed E-state index contributed by atoms with van der Waals surface area (Å²) in [6, 6.07) is 8.58. The van der Waals surface area contributed by atoms with E-state index in [1.807, 2.05) is 19.2 Å². The third-order valence-electron chi connectivity index (χ3n) is 2.63. The number of hydrogen-bond acceptors (Lipinski definition) is 3. The Labute approximate surface area is 101 Å². The molecule has 17 heavy (non-hydrogen) atoms. The first-order valence-electron chi connectivity index (χ1n) is 5.12. The second-order valence-electron chi connectivity index (χ2n) is 3.87.